The molecule has 1 aromatic carbocycles. The Bertz CT molecular complexity index is 820. The number of rotatable bonds is 5. The molecule has 2 aromatic rings. The van der Waals surface area contributed by atoms with Crippen LogP contribution in [0.25, 0.3) is 5.69 Å². The van der Waals surface area contributed by atoms with Crippen LogP contribution in [0.2, 0.25) is 5.02 Å². The number of alkyl halides is 3. The Morgan fingerprint density at radius 2 is 1.68 bits per heavy atom. The molecule has 0 aliphatic rings. The van der Waals surface area contributed by atoms with Crippen LogP contribution >= 0.6 is 11.6 Å². The molecule has 0 unspecified atom stereocenters. The highest BCUT2D eigenvalue weighted by molar-refractivity contribution is 6.30. The first-order valence-corrected chi connectivity index (χ1v) is 9.30. The van der Waals surface area contributed by atoms with Crippen molar-refractivity contribution in [2.75, 3.05) is 13.1 Å². The molecule has 0 aliphatic carbocycles. The number of amides is 1. The Kier molecular flexibility index (Phi) is 6.48. The van der Waals surface area contributed by atoms with Crippen LogP contribution in [-0.4, -0.2) is 39.9 Å². The molecule has 1 amide bonds. The van der Waals surface area contributed by atoms with Gasteiger partial charge in [-0.25, -0.2) is 4.68 Å². The molecule has 1 heterocycles. The molecular weight excluding hydrogens is 391 g/mol. The van der Waals surface area contributed by atoms with Crippen molar-refractivity contribution in [3.63, 3.8) is 0 Å². The van der Waals surface area contributed by atoms with Crippen LogP contribution in [0.4, 0.5) is 13.2 Å². The van der Waals surface area contributed by atoms with Gasteiger partial charge in [-0.1, -0.05) is 32.4 Å². The summed E-state index contributed by atoms with van der Waals surface area (Å²) < 4.78 is 40.6. The van der Waals surface area contributed by atoms with Gasteiger partial charge in [0.15, 0.2) is 0 Å². The molecule has 28 heavy (non-hydrogen) atoms. The number of aromatic nitrogens is 2. The van der Waals surface area contributed by atoms with Gasteiger partial charge >= 0.3 is 6.18 Å². The van der Waals surface area contributed by atoms with E-state index in [2.05, 4.69) is 5.10 Å². The lowest BCUT2D eigenvalue weighted by molar-refractivity contribution is -0.163. The van der Waals surface area contributed by atoms with Crippen molar-refractivity contribution < 1.29 is 18.0 Å². The van der Waals surface area contributed by atoms with E-state index in [-0.39, 0.29) is 13.0 Å². The second-order valence-electron chi connectivity index (χ2n) is 8.14. The van der Waals surface area contributed by atoms with Crippen molar-refractivity contribution in [3.05, 3.63) is 46.2 Å². The summed E-state index contributed by atoms with van der Waals surface area (Å²) in [5.74, 6) is -0.561. The molecule has 1 aromatic heterocycles. The predicted molar refractivity (Wildman–Crippen MR) is 104 cm³/mol. The van der Waals surface area contributed by atoms with Crippen LogP contribution in [0, 0.1) is 19.3 Å². The van der Waals surface area contributed by atoms with Crippen molar-refractivity contribution in [1.82, 2.24) is 14.7 Å². The minimum absolute atomic E-state index is 0.0226. The molecule has 2 rings (SSSR count). The van der Waals surface area contributed by atoms with Gasteiger partial charge in [-0.2, -0.15) is 18.3 Å². The van der Waals surface area contributed by atoms with Gasteiger partial charge in [0, 0.05) is 22.8 Å². The fourth-order valence-corrected chi connectivity index (χ4v) is 3.17. The number of halogens is 4. The van der Waals surface area contributed by atoms with Gasteiger partial charge in [0.1, 0.15) is 6.54 Å². The standard InChI is InChI=1S/C20H25ClF3N3O/c1-13-17(14(2)27(25-13)16-8-6-15(21)7-9-16)10-18(28)26(11-19(3,4)5)12-20(22,23)24/h6-9H,10-12H2,1-5H3. The summed E-state index contributed by atoms with van der Waals surface area (Å²) in [4.78, 5) is 13.6. The number of benzene rings is 1. The molecule has 0 radical (unpaired) electrons. The van der Waals surface area contributed by atoms with E-state index < -0.39 is 24.0 Å². The highest BCUT2D eigenvalue weighted by atomic mass is 35.5. The molecule has 0 fully saturated rings. The first kappa shape index (κ1) is 22.3. The number of nitrogens with zero attached hydrogens (tertiary/aromatic N) is 3. The smallest absolute Gasteiger partial charge is 0.333 e. The van der Waals surface area contributed by atoms with E-state index in [0.29, 0.717) is 16.3 Å². The van der Waals surface area contributed by atoms with E-state index in [0.717, 1.165) is 16.3 Å². The zero-order valence-electron chi connectivity index (χ0n) is 16.7. The summed E-state index contributed by atoms with van der Waals surface area (Å²) in [6.07, 6.45) is -4.57. The van der Waals surface area contributed by atoms with Gasteiger partial charge in [0.2, 0.25) is 5.91 Å². The summed E-state index contributed by atoms with van der Waals surface area (Å²) in [6, 6.07) is 7.05. The third kappa shape index (κ3) is 5.99. The van der Waals surface area contributed by atoms with Gasteiger partial charge in [-0.05, 0) is 43.5 Å². The van der Waals surface area contributed by atoms with Crippen molar-refractivity contribution in [2.24, 2.45) is 5.41 Å². The monoisotopic (exact) mass is 415 g/mol. The van der Waals surface area contributed by atoms with Crippen LogP contribution in [-0.2, 0) is 11.2 Å². The van der Waals surface area contributed by atoms with E-state index in [1.165, 1.54) is 0 Å². The largest absolute Gasteiger partial charge is 0.406 e. The quantitative estimate of drug-likeness (QED) is 0.679. The predicted octanol–water partition coefficient (Wildman–Crippen LogP) is 5.12. The SMILES string of the molecule is Cc1nn(-c2ccc(Cl)cc2)c(C)c1CC(=O)N(CC(C)(C)C)CC(F)(F)F. The molecule has 0 N–H and O–H groups in total. The second kappa shape index (κ2) is 8.15. The third-order valence-electron chi connectivity index (χ3n) is 4.23. The van der Waals surface area contributed by atoms with E-state index in [1.54, 1.807) is 63.6 Å². The Morgan fingerprint density at radius 1 is 1.11 bits per heavy atom. The van der Waals surface area contributed by atoms with Gasteiger partial charge in [0.05, 0.1) is 17.8 Å². The normalized spacial score (nSPS) is 12.3. The van der Waals surface area contributed by atoms with Crippen LogP contribution < -0.4 is 0 Å². The van der Waals surface area contributed by atoms with E-state index in [1.807, 2.05) is 0 Å². The van der Waals surface area contributed by atoms with Crippen molar-refractivity contribution in [3.8, 4) is 5.69 Å². The number of hydrogen-bond donors (Lipinski definition) is 0. The minimum atomic E-state index is -4.45. The van der Waals surface area contributed by atoms with Crippen LogP contribution in [0.15, 0.2) is 24.3 Å². The lowest BCUT2D eigenvalue weighted by Gasteiger charge is -2.30. The van der Waals surface area contributed by atoms with Gasteiger partial charge in [0.25, 0.3) is 0 Å². The maximum absolute atomic E-state index is 13.0. The zero-order valence-corrected chi connectivity index (χ0v) is 17.4. The van der Waals surface area contributed by atoms with E-state index >= 15 is 0 Å². The van der Waals surface area contributed by atoms with Gasteiger partial charge in [-0.3, -0.25) is 4.79 Å². The Hall–Kier alpha value is -2.02. The fourth-order valence-electron chi connectivity index (χ4n) is 3.05. The first-order valence-electron chi connectivity index (χ1n) is 8.92. The molecule has 0 aliphatic heterocycles. The molecule has 0 saturated heterocycles. The molecule has 4 nitrogen and oxygen atoms in total. The van der Waals surface area contributed by atoms with E-state index in [9.17, 15) is 18.0 Å². The molecule has 0 bridgehead atoms. The average molecular weight is 416 g/mol. The fraction of sp³-hybridized carbons (Fsp3) is 0.500. The Labute approximate surface area is 168 Å². The molecule has 0 saturated carbocycles. The Balaban J connectivity index is 2.29. The summed E-state index contributed by atoms with van der Waals surface area (Å²) >= 11 is 5.91. The highest BCUT2D eigenvalue weighted by Gasteiger charge is 2.35. The summed E-state index contributed by atoms with van der Waals surface area (Å²) in [5.41, 5.74) is 2.30. The van der Waals surface area contributed by atoms with Crippen LogP contribution in [0.5, 0.6) is 0 Å². The molecular formula is C20H25ClF3N3O. The molecule has 154 valence electrons. The lowest BCUT2D eigenvalue weighted by atomic mass is 9.95. The molecule has 0 atom stereocenters. The maximum Gasteiger partial charge on any atom is 0.406 e. The van der Waals surface area contributed by atoms with Crippen molar-refractivity contribution in [1.29, 1.82) is 0 Å². The summed E-state index contributed by atoms with van der Waals surface area (Å²) in [7, 11) is 0. The summed E-state index contributed by atoms with van der Waals surface area (Å²) in [6.45, 7) is 7.73. The lowest BCUT2D eigenvalue weighted by Crippen LogP contribution is -2.44. The maximum atomic E-state index is 13.0. The Morgan fingerprint density at radius 3 is 2.18 bits per heavy atom. The van der Waals surface area contributed by atoms with Gasteiger partial charge < -0.3 is 4.90 Å². The average Bonchev–Trinajstić information content (AvgIpc) is 2.80. The number of carbonyl (C=O) groups is 1. The second-order valence-corrected chi connectivity index (χ2v) is 8.58. The number of hydrogen-bond acceptors (Lipinski definition) is 2. The van der Waals surface area contributed by atoms with Crippen molar-refractivity contribution in [2.45, 2.75) is 47.2 Å². The highest BCUT2D eigenvalue weighted by Crippen LogP contribution is 2.24. The van der Waals surface area contributed by atoms with E-state index in [4.69, 9.17) is 11.6 Å². The first-order chi connectivity index (χ1) is 12.8. The molecule has 0 spiro atoms. The topological polar surface area (TPSA) is 38.1 Å². The molecule has 8 heteroatoms. The number of aryl methyl sites for hydroxylation is 1. The minimum Gasteiger partial charge on any atom is -0.333 e. The van der Waals surface area contributed by atoms with Crippen molar-refractivity contribution >= 4 is 17.5 Å². The third-order valence-corrected chi connectivity index (χ3v) is 4.48. The van der Waals surface area contributed by atoms with Crippen LogP contribution in [0.1, 0.15) is 37.7 Å². The number of carbonyl (C=O) groups excluding carboxylic acids is 1. The zero-order chi connectivity index (χ0) is 21.3. The van der Waals surface area contributed by atoms with Crippen LogP contribution in [0.3, 0.4) is 0 Å². The van der Waals surface area contributed by atoms with Gasteiger partial charge in [-0.15, -0.1) is 0 Å². The summed E-state index contributed by atoms with van der Waals surface area (Å²) in [5, 5.41) is 5.04.